The van der Waals surface area contributed by atoms with Crippen LogP contribution in [0.15, 0.2) is 63.7 Å². The Hall–Kier alpha value is -5.75. The summed E-state index contributed by atoms with van der Waals surface area (Å²) in [5, 5.41) is 13.6. The molecule has 0 aliphatic rings. The number of aliphatic hydroxyl groups is 1. The second kappa shape index (κ2) is 28.2. The summed E-state index contributed by atoms with van der Waals surface area (Å²) < 4.78 is 16.8. The van der Waals surface area contributed by atoms with Crippen LogP contribution in [0.1, 0.15) is 155 Å². The van der Waals surface area contributed by atoms with Crippen LogP contribution in [0.2, 0.25) is 0 Å². The predicted molar refractivity (Wildman–Crippen MR) is 266 cm³/mol. The van der Waals surface area contributed by atoms with Gasteiger partial charge in [0, 0.05) is 17.5 Å². The lowest BCUT2D eigenvalue weighted by molar-refractivity contribution is -0.138. The second-order valence-corrected chi connectivity index (χ2v) is 16.0. The standard InChI is InChI=1S/C42H46BrNO9.C6H10O.C3H8.C2H6/c1-14-16-32(51-13)37(30(46)15-2)42(49)53-40-27(11)26(10)36(39(44-50)38(40)43)41(48)52-33-17-19(3)34(25(9)22(33)6)31(47)18-29-20(4)23(7)35(28(12)45)24(8)21(29)5;1-3-6(2)4-5-7;1-3-2;1-2/h14-17,37,46H,1,18H2,2-13H3;4-5H,3H2,1-2H3;3H2,1-2H3;1-2H3/b30-15?,32-16+;6-4+;;. The Balaban J connectivity index is 0.00000303. The molecule has 1 unspecified atom stereocenters. The molecule has 3 aromatic carbocycles. The van der Waals surface area contributed by atoms with Crippen molar-refractivity contribution in [2.75, 3.05) is 7.11 Å². The number of allylic oxidation sites excluding steroid dienone is 5. The largest absolute Gasteiger partial charge is 0.511 e. The number of ketones is 2. The Bertz CT molecular complexity index is 2340. The highest BCUT2D eigenvalue weighted by Crippen LogP contribution is 2.44. The summed E-state index contributed by atoms with van der Waals surface area (Å²) in [7, 11) is 1.33. The molecule has 3 aromatic rings. The molecule has 354 valence electrons. The van der Waals surface area contributed by atoms with Crippen molar-refractivity contribution in [3.05, 3.63) is 136 Å². The Morgan fingerprint density at radius 2 is 1.31 bits per heavy atom. The van der Waals surface area contributed by atoms with E-state index in [0.29, 0.717) is 33.4 Å². The van der Waals surface area contributed by atoms with Crippen molar-refractivity contribution in [2.45, 2.75) is 137 Å². The van der Waals surface area contributed by atoms with Crippen LogP contribution in [-0.4, -0.2) is 42.0 Å². The number of Topliss-reactive ketones (excluding diaryl/α,β-unsaturated/α-hetero) is 2. The van der Waals surface area contributed by atoms with Gasteiger partial charge in [-0.3, -0.25) is 19.2 Å². The summed E-state index contributed by atoms with van der Waals surface area (Å²) in [4.78, 5) is 75.4. The molecule has 0 bridgehead atoms. The Kier molecular flexibility index (Phi) is 25.7. The Labute approximate surface area is 395 Å². The predicted octanol–water partition coefficient (Wildman–Crippen LogP) is 14.2. The van der Waals surface area contributed by atoms with E-state index in [-0.39, 0.29) is 62.3 Å². The van der Waals surface area contributed by atoms with Crippen LogP contribution in [0.25, 0.3) is 0 Å². The monoisotopic (exact) mass is 959 g/mol. The lowest BCUT2D eigenvalue weighted by Gasteiger charge is -2.21. The molecule has 11 nitrogen and oxygen atoms in total. The van der Waals surface area contributed by atoms with E-state index in [1.165, 1.54) is 38.7 Å². The van der Waals surface area contributed by atoms with Gasteiger partial charge in [0.1, 0.15) is 29.2 Å². The molecule has 0 fully saturated rings. The molecule has 0 spiro atoms. The number of carbonyl (C=O) groups is 5. The molecule has 0 aliphatic heterocycles. The Morgan fingerprint density at radius 3 is 1.72 bits per heavy atom. The maximum atomic E-state index is 13.9. The highest BCUT2D eigenvalue weighted by Gasteiger charge is 2.34. The van der Waals surface area contributed by atoms with Gasteiger partial charge < -0.3 is 19.3 Å². The van der Waals surface area contributed by atoms with Gasteiger partial charge in [0.05, 0.1) is 17.1 Å². The summed E-state index contributed by atoms with van der Waals surface area (Å²) in [5.41, 5.74) is 8.59. The van der Waals surface area contributed by atoms with E-state index < -0.39 is 17.9 Å². The number of aryl methyl sites for hydroxylation is 1. The minimum Gasteiger partial charge on any atom is -0.511 e. The molecule has 12 heteroatoms. The first-order valence-corrected chi connectivity index (χ1v) is 22.5. The van der Waals surface area contributed by atoms with Crippen molar-refractivity contribution < 1.29 is 43.3 Å². The number of hydrogen-bond donors (Lipinski definition) is 1. The molecule has 1 atom stereocenters. The molecule has 0 heterocycles. The number of ether oxygens (including phenoxy) is 3. The van der Waals surface area contributed by atoms with E-state index >= 15 is 0 Å². The molecule has 0 saturated heterocycles. The molecular weight excluding hydrogens is 890 g/mol. The van der Waals surface area contributed by atoms with E-state index in [2.05, 4.69) is 41.5 Å². The van der Waals surface area contributed by atoms with Crippen LogP contribution in [0.5, 0.6) is 11.5 Å². The number of aliphatic hydroxyl groups excluding tert-OH is 1. The van der Waals surface area contributed by atoms with Crippen LogP contribution < -0.4 is 9.47 Å². The third-order valence-corrected chi connectivity index (χ3v) is 11.7. The maximum Gasteiger partial charge on any atom is 0.346 e. The minimum atomic E-state index is -1.34. The average molecular weight is 961 g/mol. The van der Waals surface area contributed by atoms with Crippen molar-refractivity contribution >= 4 is 51.4 Å². The number of hydrogen-bond acceptors (Lipinski definition) is 11. The topological polar surface area (TPSA) is 163 Å². The van der Waals surface area contributed by atoms with Gasteiger partial charge in [-0.1, -0.05) is 59.3 Å². The fraction of sp³-hybridized carbons (Fsp3) is 0.415. The van der Waals surface area contributed by atoms with E-state index in [9.17, 15) is 34.0 Å². The van der Waals surface area contributed by atoms with Crippen LogP contribution in [0.3, 0.4) is 0 Å². The lowest BCUT2D eigenvalue weighted by Crippen LogP contribution is -2.26. The van der Waals surface area contributed by atoms with Gasteiger partial charge in [-0.2, -0.15) is 0 Å². The van der Waals surface area contributed by atoms with E-state index in [0.717, 1.165) is 46.1 Å². The number of methoxy groups -OCH3 is 1. The number of halogens is 1. The van der Waals surface area contributed by atoms with Gasteiger partial charge in [0.25, 0.3) is 0 Å². The van der Waals surface area contributed by atoms with Gasteiger partial charge in [0.15, 0.2) is 23.2 Å². The van der Waals surface area contributed by atoms with Crippen LogP contribution in [0, 0.1) is 73.1 Å². The van der Waals surface area contributed by atoms with Crippen molar-refractivity contribution in [3.63, 3.8) is 0 Å². The lowest BCUT2D eigenvalue weighted by atomic mass is 9.84. The normalized spacial score (nSPS) is 11.6. The molecule has 0 radical (unpaired) electrons. The van der Waals surface area contributed by atoms with Gasteiger partial charge in [-0.05, 0) is 191 Å². The number of nitroso groups, excluding NO2 is 1. The van der Waals surface area contributed by atoms with Gasteiger partial charge in [-0.15, -0.1) is 4.91 Å². The summed E-state index contributed by atoms with van der Waals surface area (Å²) in [6, 6.07) is 1.61. The molecule has 0 aromatic heterocycles. The van der Waals surface area contributed by atoms with Crippen LogP contribution in [-0.2, 0) is 20.7 Å². The fourth-order valence-electron chi connectivity index (χ4n) is 6.88. The van der Waals surface area contributed by atoms with Gasteiger partial charge in [0.2, 0.25) is 0 Å². The number of benzene rings is 3. The summed E-state index contributed by atoms with van der Waals surface area (Å²) >= 11 is 3.30. The van der Waals surface area contributed by atoms with Gasteiger partial charge >= 0.3 is 11.9 Å². The summed E-state index contributed by atoms with van der Waals surface area (Å²) in [6.07, 6.45) is 8.86. The first-order valence-electron chi connectivity index (χ1n) is 21.7. The number of nitrogens with zero attached hydrogens (tertiary/aromatic N) is 1. The summed E-state index contributed by atoms with van der Waals surface area (Å²) in [6.45, 7) is 35.0. The molecule has 1 N–H and O–H groups in total. The minimum absolute atomic E-state index is 0.0161. The molecule has 0 amide bonds. The highest BCUT2D eigenvalue weighted by molar-refractivity contribution is 9.10. The third-order valence-electron chi connectivity index (χ3n) is 11.0. The third kappa shape index (κ3) is 14.6. The SMILES string of the molecule is C=C/C=C(/OC)C(C(=O)Oc1c(C)c(C)c(C(=O)Oc2cc(C)c(C(=O)Cc3c(C)c(C)c(C(C)=O)c(C)c3C)c(C)c2C)c(N=O)c1Br)C(O)=CC.CC.CC/C(C)=C/C=O.CCC. The van der Waals surface area contributed by atoms with E-state index in [4.69, 9.17) is 14.2 Å². The zero-order valence-electron chi connectivity index (χ0n) is 41.8. The van der Waals surface area contributed by atoms with Crippen molar-refractivity contribution in [1.82, 2.24) is 0 Å². The van der Waals surface area contributed by atoms with Crippen molar-refractivity contribution in [3.8, 4) is 11.5 Å². The first kappa shape index (κ1) is 59.2. The van der Waals surface area contributed by atoms with E-state index in [1.807, 2.05) is 55.4 Å². The number of esters is 2. The zero-order valence-corrected chi connectivity index (χ0v) is 43.4. The number of aldehydes is 1. The quantitative estimate of drug-likeness (QED) is 0.0227. The maximum absolute atomic E-state index is 13.9. The number of carbonyl (C=O) groups excluding carboxylic acids is 5. The van der Waals surface area contributed by atoms with Crippen molar-refractivity contribution in [2.24, 2.45) is 11.1 Å². The summed E-state index contributed by atoms with van der Waals surface area (Å²) in [5.74, 6) is -3.45. The van der Waals surface area contributed by atoms with Crippen LogP contribution in [0.4, 0.5) is 5.69 Å². The molecule has 0 saturated carbocycles. The molecule has 3 rings (SSSR count). The molecular formula is C53H70BrNO10. The number of rotatable bonds is 15. The second-order valence-electron chi connectivity index (χ2n) is 15.2. The van der Waals surface area contributed by atoms with Crippen molar-refractivity contribution in [1.29, 1.82) is 0 Å². The first-order chi connectivity index (χ1) is 30.5. The highest BCUT2D eigenvalue weighted by atomic mass is 79.9. The smallest absolute Gasteiger partial charge is 0.346 e. The Morgan fingerprint density at radius 1 is 0.800 bits per heavy atom. The molecule has 65 heavy (non-hydrogen) atoms. The van der Waals surface area contributed by atoms with Gasteiger partial charge in [-0.25, -0.2) is 4.79 Å². The molecule has 0 aliphatic carbocycles. The fourth-order valence-corrected chi connectivity index (χ4v) is 7.53. The van der Waals surface area contributed by atoms with Crippen LogP contribution >= 0.6 is 15.9 Å². The average Bonchev–Trinajstić information content (AvgIpc) is 3.26. The zero-order chi connectivity index (χ0) is 50.6. The van der Waals surface area contributed by atoms with E-state index in [1.54, 1.807) is 53.7 Å².